The Balaban J connectivity index is 1.52. The van der Waals surface area contributed by atoms with Gasteiger partial charge in [0.1, 0.15) is 0 Å². The number of benzene rings is 2. The van der Waals surface area contributed by atoms with Gasteiger partial charge in [-0.25, -0.2) is 0 Å². The lowest BCUT2D eigenvalue weighted by Gasteiger charge is -2.26. The van der Waals surface area contributed by atoms with Crippen molar-refractivity contribution in [1.82, 2.24) is 4.90 Å². The quantitative estimate of drug-likeness (QED) is 0.759. The van der Waals surface area contributed by atoms with E-state index in [2.05, 4.69) is 10.6 Å². The average Bonchev–Trinajstić information content (AvgIpc) is 2.67. The predicted molar refractivity (Wildman–Crippen MR) is 114 cm³/mol. The Kier molecular flexibility index (Phi) is 6.66. The van der Waals surface area contributed by atoms with Gasteiger partial charge in [-0.1, -0.05) is 29.8 Å². The van der Waals surface area contributed by atoms with E-state index in [-0.39, 0.29) is 5.91 Å². The number of carbonyl (C=O) groups excluding carboxylic acids is 1. The third kappa shape index (κ3) is 5.66. The van der Waals surface area contributed by atoms with E-state index in [1.165, 1.54) is 0 Å². The fraction of sp³-hybridized carbons (Fsp3) is 0.300. The fourth-order valence-corrected chi connectivity index (χ4v) is 3.19. The first-order valence-electron chi connectivity index (χ1n) is 8.80. The molecule has 0 aromatic heterocycles. The smallest absolute Gasteiger partial charge is 0.227 e. The highest BCUT2D eigenvalue weighted by atomic mass is 35.5. The molecule has 142 valence electrons. The zero-order valence-electron chi connectivity index (χ0n) is 15.1. The number of ether oxygens (including phenoxy) is 1. The molecule has 1 aliphatic rings. The van der Waals surface area contributed by atoms with Crippen LogP contribution in [0.1, 0.15) is 11.1 Å². The summed E-state index contributed by atoms with van der Waals surface area (Å²) in [5, 5.41) is 7.42. The number of carbonyl (C=O) groups is 1. The molecule has 2 aromatic carbocycles. The summed E-state index contributed by atoms with van der Waals surface area (Å²) in [6, 6.07) is 13.4. The van der Waals surface area contributed by atoms with Gasteiger partial charge in [0, 0.05) is 29.5 Å². The van der Waals surface area contributed by atoms with Crippen LogP contribution in [0, 0.1) is 6.92 Å². The molecule has 1 heterocycles. The second-order valence-electron chi connectivity index (χ2n) is 6.41. The maximum Gasteiger partial charge on any atom is 0.227 e. The molecular weight excluding hydrogens is 382 g/mol. The van der Waals surface area contributed by atoms with Gasteiger partial charge < -0.3 is 20.3 Å². The van der Waals surface area contributed by atoms with Crippen molar-refractivity contribution in [3.8, 4) is 0 Å². The van der Waals surface area contributed by atoms with Crippen LogP contribution in [-0.2, 0) is 16.0 Å². The highest BCUT2D eigenvalue weighted by molar-refractivity contribution is 7.80. The van der Waals surface area contributed by atoms with Gasteiger partial charge in [0.2, 0.25) is 5.91 Å². The number of aryl methyl sites for hydroxylation is 1. The summed E-state index contributed by atoms with van der Waals surface area (Å²) >= 11 is 11.5. The molecule has 1 amide bonds. The van der Waals surface area contributed by atoms with Gasteiger partial charge in [-0.2, -0.15) is 0 Å². The number of hydrogen-bond donors (Lipinski definition) is 2. The summed E-state index contributed by atoms with van der Waals surface area (Å²) in [5.41, 5.74) is 3.67. The Morgan fingerprint density at radius 3 is 2.41 bits per heavy atom. The van der Waals surface area contributed by atoms with Gasteiger partial charge >= 0.3 is 0 Å². The van der Waals surface area contributed by atoms with Crippen LogP contribution in [0.15, 0.2) is 42.5 Å². The average molecular weight is 404 g/mol. The first kappa shape index (κ1) is 19.6. The molecule has 0 radical (unpaired) electrons. The number of nitrogens with one attached hydrogen (secondary N) is 2. The second kappa shape index (κ2) is 9.17. The number of rotatable bonds is 4. The highest BCUT2D eigenvalue weighted by Gasteiger charge is 2.16. The Morgan fingerprint density at radius 2 is 1.74 bits per heavy atom. The van der Waals surface area contributed by atoms with Gasteiger partial charge in [-0.15, -0.1) is 0 Å². The first-order chi connectivity index (χ1) is 13.0. The monoisotopic (exact) mass is 403 g/mol. The van der Waals surface area contributed by atoms with Gasteiger partial charge in [0.25, 0.3) is 0 Å². The van der Waals surface area contributed by atoms with E-state index < -0.39 is 0 Å². The molecule has 27 heavy (non-hydrogen) atoms. The molecule has 3 rings (SSSR count). The Hall–Kier alpha value is -2.15. The van der Waals surface area contributed by atoms with Crippen LogP contribution in [0.2, 0.25) is 5.02 Å². The summed E-state index contributed by atoms with van der Waals surface area (Å²) in [7, 11) is 0. The van der Waals surface area contributed by atoms with Crippen LogP contribution >= 0.6 is 23.8 Å². The highest BCUT2D eigenvalue weighted by Crippen LogP contribution is 2.20. The number of amides is 1. The number of nitrogens with zero attached hydrogens (tertiary/aromatic N) is 1. The zero-order chi connectivity index (χ0) is 19.2. The SMILES string of the molecule is Cc1ccc(NC(=S)Nc2ccc(CC(=O)N3CCOCC3)cc2)cc1Cl. The fourth-order valence-electron chi connectivity index (χ4n) is 2.77. The van der Waals surface area contributed by atoms with Crippen LogP contribution in [0.3, 0.4) is 0 Å². The maximum absolute atomic E-state index is 12.3. The normalized spacial score (nSPS) is 13.9. The second-order valence-corrected chi connectivity index (χ2v) is 7.23. The Labute approximate surface area is 169 Å². The van der Waals surface area contributed by atoms with E-state index in [1.54, 1.807) is 0 Å². The number of anilines is 2. The van der Waals surface area contributed by atoms with E-state index in [0.717, 1.165) is 22.5 Å². The van der Waals surface area contributed by atoms with Gasteiger partial charge in [-0.05, 0) is 54.5 Å². The van der Waals surface area contributed by atoms with Gasteiger partial charge in [0.05, 0.1) is 19.6 Å². The summed E-state index contributed by atoms with van der Waals surface area (Å²) in [6.07, 6.45) is 0.394. The molecule has 0 unspecified atom stereocenters. The van der Waals surface area contributed by atoms with Gasteiger partial charge in [-0.3, -0.25) is 4.79 Å². The molecule has 2 aromatic rings. The van der Waals surface area contributed by atoms with Crippen molar-refractivity contribution in [2.24, 2.45) is 0 Å². The molecule has 2 N–H and O–H groups in total. The number of morpholine rings is 1. The minimum Gasteiger partial charge on any atom is -0.378 e. The van der Waals surface area contributed by atoms with E-state index in [1.807, 2.05) is 54.3 Å². The van der Waals surface area contributed by atoms with Crippen molar-refractivity contribution in [3.05, 3.63) is 58.6 Å². The lowest BCUT2D eigenvalue weighted by molar-refractivity contribution is -0.134. The maximum atomic E-state index is 12.3. The van der Waals surface area contributed by atoms with E-state index in [9.17, 15) is 4.79 Å². The van der Waals surface area contributed by atoms with Crippen LogP contribution in [-0.4, -0.2) is 42.2 Å². The molecular formula is C20H22ClN3O2S. The van der Waals surface area contributed by atoms with Crippen molar-refractivity contribution in [2.75, 3.05) is 36.9 Å². The van der Waals surface area contributed by atoms with E-state index >= 15 is 0 Å². The Morgan fingerprint density at radius 1 is 1.11 bits per heavy atom. The number of hydrogen-bond acceptors (Lipinski definition) is 3. The molecule has 5 nitrogen and oxygen atoms in total. The summed E-state index contributed by atoms with van der Waals surface area (Å²) in [6.45, 7) is 4.52. The van der Waals surface area contributed by atoms with Crippen molar-refractivity contribution < 1.29 is 9.53 Å². The molecule has 0 spiro atoms. The minimum atomic E-state index is 0.132. The summed E-state index contributed by atoms with van der Waals surface area (Å²) in [5.74, 6) is 0.132. The molecule has 0 bridgehead atoms. The van der Waals surface area contributed by atoms with Crippen molar-refractivity contribution in [3.63, 3.8) is 0 Å². The lowest BCUT2D eigenvalue weighted by atomic mass is 10.1. The molecule has 0 saturated carbocycles. The van der Waals surface area contributed by atoms with E-state index in [4.69, 9.17) is 28.6 Å². The number of thiocarbonyl (C=S) groups is 1. The lowest BCUT2D eigenvalue weighted by Crippen LogP contribution is -2.41. The predicted octanol–water partition coefficient (Wildman–Crippen LogP) is 3.86. The Bertz CT molecular complexity index is 820. The van der Waals surface area contributed by atoms with Gasteiger partial charge in [0.15, 0.2) is 5.11 Å². The summed E-state index contributed by atoms with van der Waals surface area (Å²) < 4.78 is 5.28. The molecule has 0 atom stereocenters. The van der Waals surface area contributed by atoms with Crippen molar-refractivity contribution in [2.45, 2.75) is 13.3 Å². The molecule has 7 heteroatoms. The topological polar surface area (TPSA) is 53.6 Å². The van der Waals surface area contributed by atoms with Crippen molar-refractivity contribution >= 4 is 46.2 Å². The molecule has 0 aliphatic carbocycles. The third-order valence-electron chi connectivity index (χ3n) is 4.36. The van der Waals surface area contributed by atoms with Crippen molar-refractivity contribution in [1.29, 1.82) is 0 Å². The zero-order valence-corrected chi connectivity index (χ0v) is 16.7. The summed E-state index contributed by atoms with van der Waals surface area (Å²) in [4.78, 5) is 14.1. The van der Waals surface area contributed by atoms with Crippen LogP contribution in [0.25, 0.3) is 0 Å². The standard InChI is InChI=1S/C20H22ClN3O2S/c1-14-2-5-17(13-18(14)21)23-20(27)22-16-6-3-15(4-7-16)12-19(25)24-8-10-26-11-9-24/h2-7,13H,8-12H2,1H3,(H2,22,23,27). The molecule has 1 aliphatic heterocycles. The van der Waals surface area contributed by atoms with E-state index in [0.29, 0.717) is 42.9 Å². The minimum absolute atomic E-state index is 0.132. The van der Waals surface area contributed by atoms with Crippen LogP contribution < -0.4 is 10.6 Å². The molecule has 1 saturated heterocycles. The largest absolute Gasteiger partial charge is 0.378 e. The molecule has 1 fully saturated rings. The first-order valence-corrected chi connectivity index (χ1v) is 9.58. The third-order valence-corrected chi connectivity index (χ3v) is 4.97. The van der Waals surface area contributed by atoms with Crippen LogP contribution in [0.4, 0.5) is 11.4 Å². The number of halogens is 1. The van der Waals surface area contributed by atoms with Crippen LogP contribution in [0.5, 0.6) is 0 Å².